The lowest BCUT2D eigenvalue weighted by Gasteiger charge is -2.37. The van der Waals surface area contributed by atoms with E-state index in [-0.39, 0.29) is 11.8 Å². The highest BCUT2D eigenvalue weighted by Crippen LogP contribution is 2.14. The van der Waals surface area contributed by atoms with Crippen LogP contribution in [0, 0.1) is 0 Å². The average molecular weight is 894 g/mol. The van der Waals surface area contributed by atoms with Gasteiger partial charge in [0.2, 0.25) is 11.8 Å². The fourth-order valence-corrected chi connectivity index (χ4v) is 8.69. The van der Waals surface area contributed by atoms with Crippen molar-refractivity contribution in [1.82, 2.24) is 24.5 Å². The van der Waals surface area contributed by atoms with Crippen molar-refractivity contribution in [1.29, 1.82) is 0 Å². The molecule has 2 amide bonds. The van der Waals surface area contributed by atoms with Crippen LogP contribution in [-0.4, -0.2) is 154 Å². The number of hydrogen-bond donors (Lipinski definition) is 0. The van der Waals surface area contributed by atoms with Gasteiger partial charge in [-0.15, -0.1) is 0 Å². The van der Waals surface area contributed by atoms with Gasteiger partial charge in [0.25, 0.3) is 0 Å². The molecule has 0 atom stereocenters. The molecule has 372 valence electrons. The first kappa shape index (κ1) is 59.1. The van der Waals surface area contributed by atoms with E-state index < -0.39 is 6.16 Å². The highest BCUT2D eigenvalue weighted by molar-refractivity contribution is 5.80. The zero-order chi connectivity index (χ0) is 45.9. The molecule has 1 saturated heterocycles. The summed E-state index contributed by atoms with van der Waals surface area (Å²) in [5, 5.41) is 0. The third-order valence-corrected chi connectivity index (χ3v) is 12.9. The zero-order valence-corrected chi connectivity index (χ0v) is 42.3. The van der Waals surface area contributed by atoms with Crippen molar-refractivity contribution in [2.45, 2.75) is 207 Å². The van der Waals surface area contributed by atoms with Crippen LogP contribution in [0.5, 0.6) is 0 Å². The fraction of sp³-hybridized carbons (Fsp3) is 0.942. The first-order valence-electron chi connectivity index (χ1n) is 26.9. The van der Waals surface area contributed by atoms with E-state index in [2.05, 4.69) is 40.2 Å². The Morgan fingerprint density at radius 2 is 0.714 bits per heavy atom. The van der Waals surface area contributed by atoms with Gasteiger partial charge in [-0.25, -0.2) is 4.79 Å². The number of carbonyl (C=O) groups excluding carboxylic acids is 3. The van der Waals surface area contributed by atoms with Crippen LogP contribution in [0.1, 0.15) is 207 Å². The normalized spacial score (nSPS) is 13.2. The van der Waals surface area contributed by atoms with Crippen LogP contribution in [0.25, 0.3) is 0 Å². The topological polar surface area (TPSA) is 95.1 Å². The third kappa shape index (κ3) is 35.0. The van der Waals surface area contributed by atoms with Crippen molar-refractivity contribution in [2.75, 3.05) is 112 Å². The second-order valence-corrected chi connectivity index (χ2v) is 18.5. The highest BCUT2D eigenvalue weighted by atomic mass is 16.7. The molecule has 11 nitrogen and oxygen atoms in total. The minimum absolute atomic E-state index is 0.162. The standard InChI is InChI=1S/C52H103N5O6/c1-6-10-13-16-19-22-28-35-53(36-29-23-20-17-14-11-7-2)40-41-55(39-30-24-21-18-15-12-8-3)49-51(59)57-44-42-56(43-45-57)50(58)48-54(37-31-25-26-33-46-62-9-4)38-32-27-34-47-63-52(60)61-5/h6-49H2,1-5H3. The van der Waals surface area contributed by atoms with E-state index in [0.717, 1.165) is 97.3 Å². The maximum atomic E-state index is 13.9. The summed E-state index contributed by atoms with van der Waals surface area (Å²) in [6, 6.07) is 0. The van der Waals surface area contributed by atoms with E-state index >= 15 is 0 Å². The van der Waals surface area contributed by atoms with Crippen LogP contribution in [0.15, 0.2) is 0 Å². The number of ether oxygens (including phenoxy) is 3. The number of carbonyl (C=O) groups is 3. The van der Waals surface area contributed by atoms with E-state index in [1.165, 1.54) is 149 Å². The average Bonchev–Trinajstić information content (AvgIpc) is 3.29. The highest BCUT2D eigenvalue weighted by Gasteiger charge is 2.26. The molecule has 63 heavy (non-hydrogen) atoms. The zero-order valence-electron chi connectivity index (χ0n) is 42.3. The summed E-state index contributed by atoms with van der Waals surface area (Å²) in [6.45, 7) is 21.2. The number of hydrogen-bond acceptors (Lipinski definition) is 9. The van der Waals surface area contributed by atoms with Gasteiger partial charge in [0.05, 0.1) is 26.8 Å². The molecular weight excluding hydrogens is 791 g/mol. The van der Waals surface area contributed by atoms with Crippen molar-refractivity contribution in [3.63, 3.8) is 0 Å². The second kappa shape index (κ2) is 43.9. The van der Waals surface area contributed by atoms with Crippen LogP contribution in [-0.2, 0) is 23.8 Å². The van der Waals surface area contributed by atoms with Gasteiger partial charge in [0.1, 0.15) is 0 Å². The fourth-order valence-electron chi connectivity index (χ4n) is 8.69. The molecule has 1 rings (SSSR count). The SMILES string of the molecule is CCCCCCCCCN(CCCCCCCCC)CCN(CCCCCCCCC)CC(=O)N1CCN(C(=O)CN(CCCCCCOCC)CCCCCOC(=O)OC)CC1. The minimum Gasteiger partial charge on any atom is -0.438 e. The van der Waals surface area contributed by atoms with Crippen molar-refractivity contribution in [2.24, 2.45) is 0 Å². The number of nitrogens with zero attached hydrogens (tertiary/aromatic N) is 5. The number of methoxy groups -OCH3 is 1. The van der Waals surface area contributed by atoms with Gasteiger partial charge in [-0.05, 0) is 91.0 Å². The van der Waals surface area contributed by atoms with Crippen LogP contribution >= 0.6 is 0 Å². The van der Waals surface area contributed by atoms with E-state index in [1.807, 2.05) is 16.7 Å². The molecule has 0 aromatic heterocycles. The summed E-state index contributed by atoms with van der Waals surface area (Å²) >= 11 is 0. The molecule has 1 aliphatic rings. The molecule has 0 spiro atoms. The predicted octanol–water partition coefficient (Wildman–Crippen LogP) is 11.4. The quantitative estimate of drug-likeness (QED) is 0.0437. The van der Waals surface area contributed by atoms with Gasteiger partial charge in [-0.2, -0.15) is 0 Å². The van der Waals surface area contributed by atoms with E-state index in [9.17, 15) is 14.4 Å². The number of amides is 2. The molecule has 1 aliphatic heterocycles. The van der Waals surface area contributed by atoms with Gasteiger partial charge in [-0.1, -0.05) is 149 Å². The van der Waals surface area contributed by atoms with Gasteiger partial charge in [0, 0.05) is 52.5 Å². The van der Waals surface area contributed by atoms with Crippen LogP contribution in [0.3, 0.4) is 0 Å². The maximum Gasteiger partial charge on any atom is 0.507 e. The van der Waals surface area contributed by atoms with E-state index in [1.54, 1.807) is 0 Å². The second-order valence-electron chi connectivity index (χ2n) is 18.5. The molecule has 1 heterocycles. The molecule has 0 aromatic rings. The first-order valence-corrected chi connectivity index (χ1v) is 26.9. The molecule has 0 N–H and O–H groups in total. The van der Waals surface area contributed by atoms with Crippen molar-refractivity contribution < 1.29 is 28.6 Å². The maximum absolute atomic E-state index is 13.9. The van der Waals surface area contributed by atoms with Crippen molar-refractivity contribution >= 4 is 18.0 Å². The summed E-state index contributed by atoms with van der Waals surface area (Å²) in [6.07, 6.45) is 34.1. The molecule has 0 aliphatic carbocycles. The summed E-state index contributed by atoms with van der Waals surface area (Å²) in [5.41, 5.74) is 0. The largest absolute Gasteiger partial charge is 0.507 e. The Morgan fingerprint density at radius 1 is 0.397 bits per heavy atom. The van der Waals surface area contributed by atoms with Gasteiger partial charge in [-0.3, -0.25) is 19.4 Å². The summed E-state index contributed by atoms with van der Waals surface area (Å²) in [5.74, 6) is 0.382. The monoisotopic (exact) mass is 894 g/mol. The third-order valence-electron chi connectivity index (χ3n) is 12.9. The number of piperazine rings is 1. The summed E-state index contributed by atoms with van der Waals surface area (Å²) in [7, 11) is 1.32. The minimum atomic E-state index is -0.640. The Kier molecular flexibility index (Phi) is 41.2. The molecule has 11 heteroatoms. The Labute approximate surface area is 389 Å². The number of rotatable bonds is 45. The molecule has 0 unspecified atom stereocenters. The predicted molar refractivity (Wildman–Crippen MR) is 264 cm³/mol. The van der Waals surface area contributed by atoms with Crippen LogP contribution in [0.2, 0.25) is 0 Å². The number of unbranched alkanes of at least 4 members (excludes halogenated alkanes) is 23. The molecule has 0 bridgehead atoms. The van der Waals surface area contributed by atoms with Gasteiger partial charge < -0.3 is 28.9 Å². The van der Waals surface area contributed by atoms with E-state index in [0.29, 0.717) is 45.9 Å². The Bertz CT molecular complexity index is 1030. The summed E-state index contributed by atoms with van der Waals surface area (Å²) < 4.78 is 15.1. The lowest BCUT2D eigenvalue weighted by molar-refractivity contribution is -0.140. The molecule has 1 fully saturated rings. The Morgan fingerprint density at radius 3 is 1.11 bits per heavy atom. The molecular formula is C52H103N5O6. The lowest BCUT2D eigenvalue weighted by atomic mass is 10.1. The lowest BCUT2D eigenvalue weighted by Crippen LogP contribution is -2.54. The van der Waals surface area contributed by atoms with Crippen LogP contribution in [0.4, 0.5) is 4.79 Å². The summed E-state index contributed by atoms with van der Waals surface area (Å²) in [4.78, 5) is 50.4. The molecule has 0 saturated carbocycles. The van der Waals surface area contributed by atoms with E-state index in [4.69, 9.17) is 9.47 Å². The van der Waals surface area contributed by atoms with Crippen molar-refractivity contribution in [3.8, 4) is 0 Å². The van der Waals surface area contributed by atoms with Crippen LogP contribution < -0.4 is 0 Å². The van der Waals surface area contributed by atoms with Gasteiger partial charge >= 0.3 is 6.16 Å². The Balaban J connectivity index is 2.78. The molecule has 0 radical (unpaired) electrons. The van der Waals surface area contributed by atoms with Crippen molar-refractivity contribution in [3.05, 3.63) is 0 Å². The van der Waals surface area contributed by atoms with Gasteiger partial charge in [0.15, 0.2) is 0 Å². The first-order chi connectivity index (χ1) is 30.9. The smallest absolute Gasteiger partial charge is 0.438 e. The Hall–Kier alpha value is -1.95. The molecule has 0 aromatic carbocycles.